The van der Waals surface area contributed by atoms with Crippen molar-refractivity contribution < 1.29 is 14.6 Å². The highest BCUT2D eigenvalue weighted by Gasteiger charge is 2.29. The molecular weight excluding hydrogens is 320 g/mol. The Labute approximate surface area is 144 Å². The molecule has 3 aromatic rings. The highest BCUT2D eigenvalue weighted by atomic mass is 16.5. The van der Waals surface area contributed by atoms with Crippen molar-refractivity contribution in [3.05, 3.63) is 47.4 Å². The number of aromatic nitrogens is 4. The highest BCUT2D eigenvalue weighted by molar-refractivity contribution is 6.04. The van der Waals surface area contributed by atoms with Crippen molar-refractivity contribution in [2.45, 2.75) is 25.7 Å². The number of carbonyl (C=O) groups is 1. The zero-order chi connectivity index (χ0) is 17.4. The van der Waals surface area contributed by atoms with E-state index in [4.69, 9.17) is 14.8 Å². The smallest absolute Gasteiger partial charge is 0.339 e. The van der Waals surface area contributed by atoms with E-state index in [0.717, 1.165) is 18.5 Å². The molecule has 0 amide bonds. The van der Waals surface area contributed by atoms with Crippen molar-refractivity contribution in [2.24, 2.45) is 0 Å². The molecule has 3 aromatic heterocycles. The quantitative estimate of drug-likeness (QED) is 0.717. The number of nitrogens with zero attached hydrogens (tertiary/aromatic N) is 4. The van der Waals surface area contributed by atoms with E-state index in [2.05, 4.69) is 10.1 Å². The molecule has 4 rings (SSSR count). The van der Waals surface area contributed by atoms with E-state index in [0.29, 0.717) is 34.0 Å². The van der Waals surface area contributed by atoms with Crippen LogP contribution in [0.1, 0.15) is 40.5 Å². The van der Waals surface area contributed by atoms with Crippen LogP contribution < -0.4 is 0 Å². The Hall–Kier alpha value is -2.80. The summed E-state index contributed by atoms with van der Waals surface area (Å²) in [6.45, 7) is 1.60. The van der Waals surface area contributed by atoms with Crippen LogP contribution in [0.5, 0.6) is 0 Å². The topological polar surface area (TPSA) is 90.1 Å². The van der Waals surface area contributed by atoms with Gasteiger partial charge in [0.2, 0.25) is 0 Å². The molecule has 1 N–H and O–H groups in total. The fraction of sp³-hybridized carbons (Fsp3) is 0.333. The van der Waals surface area contributed by atoms with E-state index in [1.807, 2.05) is 25.1 Å². The van der Waals surface area contributed by atoms with Crippen molar-refractivity contribution in [1.82, 2.24) is 19.7 Å². The number of aliphatic hydroxyl groups excluding tert-OH is 1. The van der Waals surface area contributed by atoms with Gasteiger partial charge in [-0.15, -0.1) is 0 Å². The normalized spacial score (nSPS) is 14.0. The van der Waals surface area contributed by atoms with E-state index in [9.17, 15) is 4.79 Å². The first-order chi connectivity index (χ1) is 12.2. The average molecular weight is 338 g/mol. The molecular formula is C18H18N4O3. The van der Waals surface area contributed by atoms with Gasteiger partial charge in [0.15, 0.2) is 11.5 Å². The van der Waals surface area contributed by atoms with Crippen LogP contribution in [-0.4, -0.2) is 44.0 Å². The van der Waals surface area contributed by atoms with Gasteiger partial charge < -0.3 is 9.84 Å². The Balaban J connectivity index is 1.92. The third kappa shape index (κ3) is 2.87. The summed E-state index contributed by atoms with van der Waals surface area (Å²) in [7, 11) is 0. The summed E-state index contributed by atoms with van der Waals surface area (Å²) in [5.41, 5.74) is 2.61. The van der Waals surface area contributed by atoms with Gasteiger partial charge in [-0.1, -0.05) is 6.07 Å². The third-order valence-electron chi connectivity index (χ3n) is 4.24. The molecule has 1 aliphatic rings. The summed E-state index contributed by atoms with van der Waals surface area (Å²) in [6.07, 6.45) is 3.83. The summed E-state index contributed by atoms with van der Waals surface area (Å²) in [6, 6.07) is 7.37. The molecule has 0 bridgehead atoms. The van der Waals surface area contributed by atoms with Crippen molar-refractivity contribution in [3.63, 3.8) is 0 Å². The molecule has 0 aromatic carbocycles. The molecule has 7 heteroatoms. The number of fused-ring (bicyclic) bond motifs is 1. The highest BCUT2D eigenvalue weighted by Crippen LogP contribution is 2.40. The number of esters is 1. The predicted octanol–water partition coefficient (Wildman–Crippen LogP) is 2.15. The first kappa shape index (κ1) is 15.7. The van der Waals surface area contributed by atoms with Crippen molar-refractivity contribution in [1.29, 1.82) is 0 Å². The second-order valence-corrected chi connectivity index (χ2v) is 6.11. The molecule has 25 heavy (non-hydrogen) atoms. The van der Waals surface area contributed by atoms with Gasteiger partial charge in [-0.25, -0.2) is 14.8 Å². The lowest BCUT2D eigenvalue weighted by atomic mass is 10.1. The van der Waals surface area contributed by atoms with E-state index in [-0.39, 0.29) is 13.2 Å². The fourth-order valence-corrected chi connectivity index (χ4v) is 2.91. The van der Waals surface area contributed by atoms with Crippen LogP contribution in [-0.2, 0) is 4.74 Å². The summed E-state index contributed by atoms with van der Waals surface area (Å²) in [5, 5.41) is 14.1. The zero-order valence-corrected chi connectivity index (χ0v) is 13.8. The van der Waals surface area contributed by atoms with E-state index in [1.54, 1.807) is 16.9 Å². The lowest BCUT2D eigenvalue weighted by Crippen LogP contribution is -2.11. The molecule has 0 saturated heterocycles. The summed E-state index contributed by atoms with van der Waals surface area (Å²) < 4.78 is 6.81. The SMILES string of the molecule is Cc1nn(-c2ccccn2)c2nc(C3CC3)cc(C(=O)OCCO)c12. The fourth-order valence-electron chi connectivity index (χ4n) is 2.91. The van der Waals surface area contributed by atoms with E-state index < -0.39 is 5.97 Å². The first-order valence-electron chi connectivity index (χ1n) is 8.28. The van der Waals surface area contributed by atoms with Crippen molar-refractivity contribution in [2.75, 3.05) is 13.2 Å². The molecule has 0 radical (unpaired) electrons. The molecule has 0 aliphatic heterocycles. The molecule has 0 spiro atoms. The van der Waals surface area contributed by atoms with Gasteiger partial charge >= 0.3 is 5.97 Å². The number of aliphatic hydroxyl groups is 1. The Morgan fingerprint density at radius 2 is 2.24 bits per heavy atom. The molecule has 1 fully saturated rings. The minimum Gasteiger partial charge on any atom is -0.460 e. The Morgan fingerprint density at radius 1 is 1.40 bits per heavy atom. The van der Waals surface area contributed by atoms with Gasteiger partial charge in [0.05, 0.1) is 23.3 Å². The minimum atomic E-state index is -0.466. The second kappa shape index (κ2) is 6.25. The van der Waals surface area contributed by atoms with Gasteiger partial charge in [0.25, 0.3) is 0 Å². The maximum Gasteiger partial charge on any atom is 0.339 e. The number of pyridine rings is 2. The average Bonchev–Trinajstić information content (AvgIpc) is 3.44. The van der Waals surface area contributed by atoms with Gasteiger partial charge in [-0.3, -0.25) is 0 Å². The standard InChI is InChI=1S/C18H18N4O3/c1-11-16-13(18(24)25-9-8-23)10-14(12-5-6-12)20-17(16)22(21-11)15-4-2-3-7-19-15/h2-4,7,10,12,23H,5-6,8-9H2,1H3. The van der Waals surface area contributed by atoms with Crippen molar-refractivity contribution in [3.8, 4) is 5.82 Å². The molecule has 1 saturated carbocycles. The van der Waals surface area contributed by atoms with E-state index in [1.165, 1.54) is 0 Å². The van der Waals surface area contributed by atoms with Gasteiger partial charge in [-0.05, 0) is 38.0 Å². The Bertz CT molecular complexity index is 932. The van der Waals surface area contributed by atoms with Crippen LogP contribution in [0.3, 0.4) is 0 Å². The number of aryl methyl sites for hydroxylation is 1. The number of hydrogen-bond acceptors (Lipinski definition) is 6. The Morgan fingerprint density at radius 3 is 2.92 bits per heavy atom. The van der Waals surface area contributed by atoms with Crippen LogP contribution in [0, 0.1) is 6.92 Å². The van der Waals surface area contributed by atoms with Crippen LogP contribution in [0.25, 0.3) is 16.9 Å². The minimum absolute atomic E-state index is 0.0329. The second-order valence-electron chi connectivity index (χ2n) is 6.11. The molecule has 1 aliphatic carbocycles. The lowest BCUT2D eigenvalue weighted by molar-refractivity contribution is 0.0436. The Kier molecular flexibility index (Phi) is 3.93. The predicted molar refractivity (Wildman–Crippen MR) is 90.7 cm³/mol. The summed E-state index contributed by atoms with van der Waals surface area (Å²) in [4.78, 5) is 21.6. The maximum atomic E-state index is 12.5. The number of rotatable bonds is 5. The summed E-state index contributed by atoms with van der Waals surface area (Å²) >= 11 is 0. The van der Waals surface area contributed by atoms with Crippen LogP contribution in [0.15, 0.2) is 30.5 Å². The van der Waals surface area contributed by atoms with Gasteiger partial charge in [0.1, 0.15) is 6.61 Å². The number of ether oxygens (including phenoxy) is 1. The van der Waals surface area contributed by atoms with Crippen LogP contribution in [0.2, 0.25) is 0 Å². The summed E-state index contributed by atoms with van der Waals surface area (Å²) in [5.74, 6) is 0.559. The monoisotopic (exact) mass is 338 g/mol. The van der Waals surface area contributed by atoms with Crippen molar-refractivity contribution >= 4 is 17.0 Å². The molecule has 0 atom stereocenters. The molecule has 3 heterocycles. The zero-order valence-electron chi connectivity index (χ0n) is 13.8. The number of carbonyl (C=O) groups excluding carboxylic acids is 1. The van der Waals surface area contributed by atoms with Crippen LogP contribution in [0.4, 0.5) is 0 Å². The van der Waals surface area contributed by atoms with E-state index >= 15 is 0 Å². The number of hydrogen-bond donors (Lipinski definition) is 1. The lowest BCUT2D eigenvalue weighted by Gasteiger charge is -2.08. The maximum absolute atomic E-state index is 12.5. The molecule has 0 unspecified atom stereocenters. The molecule has 7 nitrogen and oxygen atoms in total. The van der Waals surface area contributed by atoms with Crippen LogP contribution >= 0.6 is 0 Å². The first-order valence-corrected chi connectivity index (χ1v) is 8.28. The van der Waals surface area contributed by atoms with Gasteiger partial charge in [0, 0.05) is 17.8 Å². The van der Waals surface area contributed by atoms with Gasteiger partial charge in [-0.2, -0.15) is 9.78 Å². The largest absolute Gasteiger partial charge is 0.460 e. The third-order valence-corrected chi connectivity index (χ3v) is 4.24. The molecule has 128 valence electrons.